The van der Waals surface area contributed by atoms with Gasteiger partial charge in [0, 0.05) is 11.8 Å². The Labute approximate surface area is 76.4 Å². The van der Waals surface area contributed by atoms with E-state index in [9.17, 15) is 9.59 Å². The molecule has 0 saturated carbocycles. The average Bonchev–Trinajstić information content (AvgIpc) is 2.36. The molecular weight excluding hydrogens is 168 g/mol. The summed E-state index contributed by atoms with van der Waals surface area (Å²) in [6.45, 7) is 3.72. The fraction of sp³-hybridized carbons (Fsp3) is 0.600. The van der Waals surface area contributed by atoms with Crippen LogP contribution in [0.2, 0.25) is 0 Å². The maximum Gasteiger partial charge on any atom is 0.318 e. The van der Waals surface area contributed by atoms with Crippen LogP contribution in [0.4, 0.5) is 0 Å². The lowest BCUT2D eigenvalue weighted by atomic mass is 9.75. The molecule has 4 atom stereocenters. The molecule has 0 N–H and O–H groups in total. The fourth-order valence-corrected chi connectivity index (χ4v) is 2.00. The van der Waals surface area contributed by atoms with Crippen LogP contribution in [0.1, 0.15) is 13.8 Å². The Morgan fingerprint density at radius 3 is 1.77 bits per heavy atom. The van der Waals surface area contributed by atoms with Crippen LogP contribution in [0, 0.1) is 35.5 Å². The van der Waals surface area contributed by atoms with Gasteiger partial charge in [0.2, 0.25) is 0 Å². The first kappa shape index (κ1) is 8.31. The maximum atomic E-state index is 11.3. The Hall–Kier alpha value is -1.30. The minimum absolute atomic E-state index is 0.0554. The lowest BCUT2D eigenvalue weighted by Crippen LogP contribution is -2.31. The third-order valence-electron chi connectivity index (χ3n) is 2.75. The van der Waals surface area contributed by atoms with Gasteiger partial charge in [0.05, 0.1) is 11.8 Å². The van der Waals surface area contributed by atoms with Crippen LogP contribution >= 0.6 is 0 Å². The van der Waals surface area contributed by atoms with Crippen LogP contribution in [-0.2, 0) is 14.3 Å². The van der Waals surface area contributed by atoms with Crippen LogP contribution in [-0.4, -0.2) is 11.9 Å². The number of ether oxygens (including phenoxy) is 1. The Morgan fingerprint density at radius 1 is 1.00 bits per heavy atom. The number of esters is 2. The first-order chi connectivity index (χ1) is 6.11. The van der Waals surface area contributed by atoms with Gasteiger partial charge < -0.3 is 4.74 Å². The second kappa shape index (κ2) is 2.59. The summed E-state index contributed by atoms with van der Waals surface area (Å²) >= 11 is 0. The van der Waals surface area contributed by atoms with E-state index >= 15 is 0 Å². The van der Waals surface area contributed by atoms with Gasteiger partial charge in [0.15, 0.2) is 0 Å². The third-order valence-corrected chi connectivity index (χ3v) is 2.75. The molecule has 0 radical (unpaired) electrons. The number of hydrogen-bond acceptors (Lipinski definition) is 3. The van der Waals surface area contributed by atoms with Crippen molar-refractivity contribution in [1.29, 1.82) is 0 Å². The molecule has 13 heavy (non-hydrogen) atoms. The predicted octanol–water partition coefficient (Wildman–Crippen LogP) is 0.591. The molecule has 0 aromatic heterocycles. The summed E-state index contributed by atoms with van der Waals surface area (Å²) < 4.78 is 4.59. The van der Waals surface area contributed by atoms with Crippen molar-refractivity contribution in [3.8, 4) is 11.8 Å². The van der Waals surface area contributed by atoms with Gasteiger partial charge in [-0.15, -0.1) is 0 Å². The highest BCUT2D eigenvalue weighted by Gasteiger charge is 2.50. The monoisotopic (exact) mass is 178 g/mol. The van der Waals surface area contributed by atoms with Crippen molar-refractivity contribution >= 4 is 11.9 Å². The van der Waals surface area contributed by atoms with Crippen molar-refractivity contribution in [2.24, 2.45) is 23.7 Å². The van der Waals surface area contributed by atoms with Gasteiger partial charge in [-0.1, -0.05) is 25.7 Å². The van der Waals surface area contributed by atoms with Crippen LogP contribution in [0.5, 0.6) is 0 Å². The molecule has 68 valence electrons. The summed E-state index contributed by atoms with van der Waals surface area (Å²) in [6.07, 6.45) is 0. The number of carbonyl (C=O) groups is 2. The zero-order chi connectivity index (χ0) is 9.59. The van der Waals surface area contributed by atoms with E-state index in [2.05, 4.69) is 16.6 Å². The van der Waals surface area contributed by atoms with Gasteiger partial charge in [0.25, 0.3) is 0 Å². The van der Waals surface area contributed by atoms with Gasteiger partial charge >= 0.3 is 11.9 Å². The summed E-state index contributed by atoms with van der Waals surface area (Å²) in [5.41, 5.74) is 0. The number of cyclic esters (lactones) is 2. The van der Waals surface area contributed by atoms with Gasteiger partial charge in [0.1, 0.15) is 0 Å². The molecule has 1 fully saturated rings. The van der Waals surface area contributed by atoms with Crippen LogP contribution in [0.3, 0.4) is 0 Å². The van der Waals surface area contributed by atoms with Crippen molar-refractivity contribution < 1.29 is 14.3 Å². The predicted molar refractivity (Wildman–Crippen MR) is 44.2 cm³/mol. The molecule has 3 heteroatoms. The molecule has 0 aromatic rings. The number of fused-ring (bicyclic) bond motifs is 1. The topological polar surface area (TPSA) is 43.4 Å². The molecule has 3 nitrogen and oxygen atoms in total. The highest BCUT2D eigenvalue weighted by Crippen LogP contribution is 2.37. The molecule has 1 saturated heterocycles. The number of carbonyl (C=O) groups excluding carboxylic acids is 2. The van der Waals surface area contributed by atoms with Gasteiger partial charge in [-0.2, -0.15) is 0 Å². The van der Waals surface area contributed by atoms with Gasteiger partial charge in [-0.3, -0.25) is 9.59 Å². The van der Waals surface area contributed by atoms with Crippen molar-refractivity contribution in [3.05, 3.63) is 0 Å². The Kier molecular flexibility index (Phi) is 1.66. The van der Waals surface area contributed by atoms with Gasteiger partial charge in [-0.25, -0.2) is 0 Å². The zero-order valence-electron chi connectivity index (χ0n) is 7.53. The Morgan fingerprint density at radius 2 is 1.38 bits per heavy atom. The first-order valence-electron chi connectivity index (χ1n) is 4.38. The van der Waals surface area contributed by atoms with E-state index in [0.29, 0.717) is 0 Å². The summed E-state index contributed by atoms with van der Waals surface area (Å²) in [6, 6.07) is 0. The Balaban J connectivity index is 2.41. The van der Waals surface area contributed by atoms with Crippen molar-refractivity contribution in [3.63, 3.8) is 0 Å². The summed E-state index contributed by atoms with van der Waals surface area (Å²) in [4.78, 5) is 22.5. The van der Waals surface area contributed by atoms with Crippen molar-refractivity contribution in [2.75, 3.05) is 0 Å². The van der Waals surface area contributed by atoms with E-state index < -0.39 is 11.9 Å². The highest BCUT2D eigenvalue weighted by molar-refractivity contribution is 5.97. The molecule has 0 aromatic carbocycles. The highest BCUT2D eigenvalue weighted by atomic mass is 16.6. The van der Waals surface area contributed by atoms with Crippen LogP contribution in [0.25, 0.3) is 0 Å². The van der Waals surface area contributed by atoms with Crippen molar-refractivity contribution in [1.82, 2.24) is 0 Å². The van der Waals surface area contributed by atoms with Crippen molar-refractivity contribution in [2.45, 2.75) is 13.8 Å². The van der Waals surface area contributed by atoms with Crippen LogP contribution < -0.4 is 0 Å². The molecular formula is C10H10O3. The molecule has 2 aliphatic rings. The van der Waals surface area contributed by atoms with E-state index in [1.165, 1.54) is 0 Å². The SMILES string of the molecule is CC1C#CC(C)C2C(=O)OC(=O)C12. The fourth-order valence-electron chi connectivity index (χ4n) is 2.00. The Bertz CT molecular complexity index is 304. The second-order valence-electron chi connectivity index (χ2n) is 3.66. The third kappa shape index (κ3) is 1.06. The number of hydrogen-bond donors (Lipinski definition) is 0. The molecule has 0 amide bonds. The molecule has 2 rings (SSSR count). The van der Waals surface area contributed by atoms with Gasteiger partial charge in [-0.05, 0) is 0 Å². The first-order valence-corrected chi connectivity index (χ1v) is 4.38. The summed E-state index contributed by atoms with van der Waals surface area (Å²) in [5.74, 6) is 4.33. The van der Waals surface area contributed by atoms with E-state index in [0.717, 1.165) is 0 Å². The largest absolute Gasteiger partial charge is 0.393 e. The van der Waals surface area contributed by atoms with E-state index in [1.807, 2.05) is 13.8 Å². The quantitative estimate of drug-likeness (QED) is 0.310. The zero-order valence-corrected chi connectivity index (χ0v) is 7.53. The molecule has 1 heterocycles. The standard InChI is InChI=1S/C10H10O3/c1-5-3-4-6(2)8-7(5)9(11)13-10(8)12/h5-8H,1-2H3. The minimum Gasteiger partial charge on any atom is -0.393 e. The molecule has 0 spiro atoms. The molecule has 1 aliphatic carbocycles. The van der Waals surface area contributed by atoms with E-state index in [1.54, 1.807) is 0 Å². The molecule has 0 bridgehead atoms. The smallest absolute Gasteiger partial charge is 0.318 e. The second-order valence-corrected chi connectivity index (χ2v) is 3.66. The molecule has 1 aliphatic heterocycles. The number of rotatable bonds is 0. The van der Waals surface area contributed by atoms with E-state index in [4.69, 9.17) is 0 Å². The maximum absolute atomic E-state index is 11.3. The van der Waals surface area contributed by atoms with E-state index in [-0.39, 0.29) is 23.7 Å². The normalized spacial score (nSPS) is 42.0. The lowest BCUT2D eigenvalue weighted by molar-refractivity contribution is -0.154. The minimum atomic E-state index is -0.400. The lowest BCUT2D eigenvalue weighted by Gasteiger charge is -2.22. The molecule has 4 unspecified atom stereocenters. The summed E-state index contributed by atoms with van der Waals surface area (Å²) in [5, 5.41) is 0. The average molecular weight is 178 g/mol. The summed E-state index contributed by atoms with van der Waals surface area (Å²) in [7, 11) is 0. The van der Waals surface area contributed by atoms with Crippen LogP contribution in [0.15, 0.2) is 0 Å².